The summed E-state index contributed by atoms with van der Waals surface area (Å²) in [5.41, 5.74) is 0. The third-order valence-electron chi connectivity index (χ3n) is 4.12. The van der Waals surface area contributed by atoms with Crippen LogP contribution >= 0.6 is 0 Å². The Morgan fingerprint density at radius 3 is 3.24 bits per heavy atom. The van der Waals surface area contributed by atoms with Gasteiger partial charge in [0.15, 0.2) is 0 Å². The number of nitrogens with one attached hydrogen (secondary N) is 1. The van der Waals surface area contributed by atoms with Gasteiger partial charge in [-0.05, 0) is 18.6 Å². The van der Waals surface area contributed by atoms with E-state index in [1.807, 2.05) is 18.2 Å². The zero-order valence-corrected chi connectivity index (χ0v) is 12.2. The highest BCUT2D eigenvalue weighted by Gasteiger charge is 2.45. The van der Waals surface area contributed by atoms with E-state index in [0.717, 1.165) is 25.2 Å². The molecule has 6 heteroatoms. The normalized spacial score (nSPS) is 27.7. The Morgan fingerprint density at radius 2 is 2.48 bits per heavy atom. The van der Waals surface area contributed by atoms with Crippen LogP contribution in [0.3, 0.4) is 0 Å². The van der Waals surface area contributed by atoms with Gasteiger partial charge in [-0.3, -0.25) is 4.79 Å². The van der Waals surface area contributed by atoms with Gasteiger partial charge in [0.05, 0.1) is 18.8 Å². The SMILES string of the molecule is COCCNC(=O)[C@H]1C[C@H]2[C@H](CCN2c2ccccn2)O1. The molecule has 0 radical (unpaired) electrons. The molecule has 1 aromatic heterocycles. The summed E-state index contributed by atoms with van der Waals surface area (Å²) in [7, 11) is 1.62. The summed E-state index contributed by atoms with van der Waals surface area (Å²) in [5, 5.41) is 2.85. The maximum atomic E-state index is 12.1. The van der Waals surface area contributed by atoms with E-state index in [4.69, 9.17) is 9.47 Å². The molecule has 0 aromatic carbocycles. The van der Waals surface area contributed by atoms with Crippen LogP contribution in [0.15, 0.2) is 24.4 Å². The molecule has 3 rings (SSSR count). The number of anilines is 1. The van der Waals surface area contributed by atoms with Crippen molar-refractivity contribution < 1.29 is 14.3 Å². The Balaban J connectivity index is 1.60. The van der Waals surface area contributed by atoms with Gasteiger partial charge in [0.25, 0.3) is 0 Å². The Kier molecular flexibility index (Phi) is 4.36. The number of aromatic nitrogens is 1. The molecule has 1 N–H and O–H groups in total. The van der Waals surface area contributed by atoms with Gasteiger partial charge in [-0.1, -0.05) is 6.07 Å². The number of methoxy groups -OCH3 is 1. The second-order valence-corrected chi connectivity index (χ2v) is 5.42. The van der Waals surface area contributed by atoms with Gasteiger partial charge in [0, 0.05) is 32.8 Å². The highest BCUT2D eigenvalue weighted by molar-refractivity contribution is 5.81. The smallest absolute Gasteiger partial charge is 0.249 e. The summed E-state index contributed by atoms with van der Waals surface area (Å²) >= 11 is 0. The number of amides is 1. The molecule has 2 aliphatic heterocycles. The van der Waals surface area contributed by atoms with Gasteiger partial charge in [-0.25, -0.2) is 4.98 Å². The number of ether oxygens (including phenoxy) is 2. The van der Waals surface area contributed by atoms with Gasteiger partial charge >= 0.3 is 0 Å². The van der Waals surface area contributed by atoms with Crippen molar-refractivity contribution in [2.75, 3.05) is 31.7 Å². The average Bonchev–Trinajstić information content (AvgIpc) is 3.08. The lowest BCUT2D eigenvalue weighted by molar-refractivity contribution is -0.132. The van der Waals surface area contributed by atoms with Crippen LogP contribution in [0.5, 0.6) is 0 Å². The van der Waals surface area contributed by atoms with Crippen LogP contribution < -0.4 is 10.2 Å². The third kappa shape index (κ3) is 3.01. The first kappa shape index (κ1) is 14.3. The average molecular weight is 291 g/mol. The highest BCUT2D eigenvalue weighted by Crippen LogP contribution is 2.35. The largest absolute Gasteiger partial charge is 0.383 e. The van der Waals surface area contributed by atoms with Gasteiger partial charge in [-0.15, -0.1) is 0 Å². The minimum Gasteiger partial charge on any atom is -0.383 e. The molecule has 3 heterocycles. The first-order chi connectivity index (χ1) is 10.3. The number of hydrogen-bond donors (Lipinski definition) is 1. The molecule has 2 saturated heterocycles. The second kappa shape index (κ2) is 6.41. The number of pyridine rings is 1. The first-order valence-electron chi connectivity index (χ1n) is 7.39. The molecule has 2 aliphatic rings. The zero-order chi connectivity index (χ0) is 14.7. The monoisotopic (exact) mass is 291 g/mol. The van der Waals surface area contributed by atoms with E-state index in [0.29, 0.717) is 13.2 Å². The summed E-state index contributed by atoms with van der Waals surface area (Å²) in [6.45, 7) is 1.98. The molecule has 0 aliphatic carbocycles. The molecule has 0 saturated carbocycles. The minimum absolute atomic E-state index is 0.0394. The fraction of sp³-hybridized carbons (Fsp3) is 0.600. The summed E-state index contributed by atoms with van der Waals surface area (Å²) in [6.07, 6.45) is 3.24. The number of carbonyl (C=O) groups is 1. The van der Waals surface area contributed by atoms with Crippen molar-refractivity contribution in [1.82, 2.24) is 10.3 Å². The van der Waals surface area contributed by atoms with Crippen LogP contribution in [-0.4, -0.2) is 55.9 Å². The van der Waals surface area contributed by atoms with Crippen molar-refractivity contribution in [3.8, 4) is 0 Å². The van der Waals surface area contributed by atoms with Crippen molar-refractivity contribution >= 4 is 11.7 Å². The van der Waals surface area contributed by atoms with E-state index in [9.17, 15) is 4.79 Å². The fourth-order valence-electron chi connectivity index (χ4n) is 3.12. The maximum Gasteiger partial charge on any atom is 0.249 e. The molecule has 6 nitrogen and oxygen atoms in total. The standard InChI is InChI=1S/C15H21N3O3/c1-20-9-7-17-15(19)13-10-11-12(21-13)5-8-18(11)14-4-2-3-6-16-14/h2-4,6,11-13H,5,7-10H2,1H3,(H,17,19)/t11-,12-,13+/m0/s1. The van der Waals surface area contributed by atoms with E-state index in [1.54, 1.807) is 13.3 Å². The number of carbonyl (C=O) groups excluding carboxylic acids is 1. The second-order valence-electron chi connectivity index (χ2n) is 5.42. The molecular formula is C15H21N3O3. The van der Waals surface area contributed by atoms with Crippen molar-refractivity contribution in [3.63, 3.8) is 0 Å². The number of hydrogen-bond acceptors (Lipinski definition) is 5. The lowest BCUT2D eigenvalue weighted by atomic mass is 10.1. The van der Waals surface area contributed by atoms with Crippen LogP contribution in [-0.2, 0) is 14.3 Å². The van der Waals surface area contributed by atoms with Crippen LogP contribution in [0.25, 0.3) is 0 Å². The van der Waals surface area contributed by atoms with Gasteiger partial charge in [0.1, 0.15) is 11.9 Å². The zero-order valence-electron chi connectivity index (χ0n) is 12.2. The molecule has 3 atom stereocenters. The van der Waals surface area contributed by atoms with Crippen molar-refractivity contribution in [2.45, 2.75) is 31.1 Å². The van der Waals surface area contributed by atoms with Crippen molar-refractivity contribution in [2.24, 2.45) is 0 Å². The maximum absolute atomic E-state index is 12.1. The van der Waals surface area contributed by atoms with Crippen LogP contribution in [0.4, 0.5) is 5.82 Å². The number of rotatable bonds is 5. The quantitative estimate of drug-likeness (QED) is 0.804. The lowest BCUT2D eigenvalue weighted by Gasteiger charge is -2.23. The first-order valence-corrected chi connectivity index (χ1v) is 7.39. The predicted octanol–water partition coefficient (Wildman–Crippen LogP) is 0.580. The summed E-state index contributed by atoms with van der Waals surface area (Å²) in [6, 6.07) is 6.15. The lowest BCUT2D eigenvalue weighted by Crippen LogP contribution is -2.38. The summed E-state index contributed by atoms with van der Waals surface area (Å²) < 4.78 is 10.8. The van der Waals surface area contributed by atoms with E-state index >= 15 is 0 Å². The van der Waals surface area contributed by atoms with Crippen LogP contribution in [0.1, 0.15) is 12.8 Å². The van der Waals surface area contributed by atoms with Crippen molar-refractivity contribution in [3.05, 3.63) is 24.4 Å². The molecule has 0 unspecified atom stereocenters. The van der Waals surface area contributed by atoms with E-state index in [2.05, 4.69) is 15.2 Å². The van der Waals surface area contributed by atoms with E-state index in [-0.39, 0.29) is 24.2 Å². The highest BCUT2D eigenvalue weighted by atomic mass is 16.5. The molecule has 114 valence electrons. The molecule has 2 fully saturated rings. The Labute approximate surface area is 124 Å². The third-order valence-corrected chi connectivity index (χ3v) is 4.12. The molecule has 1 amide bonds. The predicted molar refractivity (Wildman–Crippen MR) is 78.2 cm³/mol. The molecule has 0 spiro atoms. The topological polar surface area (TPSA) is 63.7 Å². The Bertz CT molecular complexity index is 482. The van der Waals surface area contributed by atoms with E-state index in [1.165, 1.54) is 0 Å². The molecular weight excluding hydrogens is 270 g/mol. The number of fused-ring (bicyclic) bond motifs is 1. The van der Waals surface area contributed by atoms with Gasteiger partial charge in [-0.2, -0.15) is 0 Å². The Hall–Kier alpha value is -1.66. The van der Waals surface area contributed by atoms with Crippen LogP contribution in [0, 0.1) is 0 Å². The Morgan fingerprint density at radius 1 is 1.57 bits per heavy atom. The van der Waals surface area contributed by atoms with E-state index < -0.39 is 0 Å². The summed E-state index contributed by atoms with van der Waals surface area (Å²) in [4.78, 5) is 18.7. The molecule has 21 heavy (non-hydrogen) atoms. The van der Waals surface area contributed by atoms with Crippen LogP contribution in [0.2, 0.25) is 0 Å². The van der Waals surface area contributed by atoms with Gasteiger partial charge < -0.3 is 19.7 Å². The van der Waals surface area contributed by atoms with Gasteiger partial charge in [0.2, 0.25) is 5.91 Å². The fourth-order valence-corrected chi connectivity index (χ4v) is 3.12. The van der Waals surface area contributed by atoms with Crippen molar-refractivity contribution in [1.29, 1.82) is 0 Å². The molecule has 1 aromatic rings. The number of nitrogens with zero attached hydrogens (tertiary/aromatic N) is 2. The summed E-state index contributed by atoms with van der Waals surface area (Å²) in [5.74, 6) is 0.927. The molecule has 0 bridgehead atoms. The minimum atomic E-state index is -0.358.